The van der Waals surface area contributed by atoms with Crippen LogP contribution in [0.4, 0.5) is 0 Å². The van der Waals surface area contributed by atoms with E-state index in [0.29, 0.717) is 17.9 Å². The fourth-order valence-corrected chi connectivity index (χ4v) is 0.851. The maximum atomic E-state index is 10.9. The highest BCUT2D eigenvalue weighted by atomic mass is 16.5. The zero-order valence-corrected chi connectivity index (χ0v) is 8.15. The van der Waals surface area contributed by atoms with Crippen molar-refractivity contribution >= 4 is 5.97 Å². The van der Waals surface area contributed by atoms with Crippen LogP contribution in [0.5, 0.6) is 0 Å². The van der Waals surface area contributed by atoms with Crippen LogP contribution < -0.4 is 0 Å². The van der Waals surface area contributed by atoms with Crippen LogP contribution in [-0.2, 0) is 9.53 Å². The highest BCUT2D eigenvalue weighted by molar-refractivity contribution is 5.89. The standard InChI is InChI=1S/C11H8N2O2/c1-2-15-11(14)4-3-10-7-9(8-12)5-6-13-10/h5-7H,2H2,1H3. The Morgan fingerprint density at radius 2 is 2.47 bits per heavy atom. The van der Waals surface area contributed by atoms with Gasteiger partial charge in [0.15, 0.2) is 0 Å². The van der Waals surface area contributed by atoms with Crippen molar-refractivity contribution in [1.82, 2.24) is 4.98 Å². The van der Waals surface area contributed by atoms with Crippen molar-refractivity contribution in [3.05, 3.63) is 29.6 Å². The van der Waals surface area contributed by atoms with E-state index in [1.807, 2.05) is 6.07 Å². The Balaban J connectivity index is 2.80. The van der Waals surface area contributed by atoms with Crippen LogP contribution >= 0.6 is 0 Å². The predicted octanol–water partition coefficient (Wildman–Crippen LogP) is 0.868. The summed E-state index contributed by atoms with van der Waals surface area (Å²) in [6, 6.07) is 5.03. The molecule has 0 spiro atoms. The summed E-state index contributed by atoms with van der Waals surface area (Å²) >= 11 is 0. The number of pyridine rings is 1. The highest BCUT2D eigenvalue weighted by Gasteiger charge is 1.95. The lowest BCUT2D eigenvalue weighted by atomic mass is 10.2. The molecule has 4 nitrogen and oxygen atoms in total. The number of nitriles is 1. The molecule has 0 bridgehead atoms. The lowest BCUT2D eigenvalue weighted by molar-refractivity contribution is -0.136. The van der Waals surface area contributed by atoms with Gasteiger partial charge < -0.3 is 4.74 Å². The Labute approximate surface area is 87.5 Å². The molecular formula is C11H8N2O2. The molecule has 0 fully saturated rings. The van der Waals surface area contributed by atoms with Gasteiger partial charge in [-0.2, -0.15) is 5.26 Å². The van der Waals surface area contributed by atoms with Gasteiger partial charge >= 0.3 is 5.97 Å². The summed E-state index contributed by atoms with van der Waals surface area (Å²) in [6.07, 6.45) is 1.47. The second kappa shape index (κ2) is 5.41. The summed E-state index contributed by atoms with van der Waals surface area (Å²) in [5.74, 6) is 4.19. The van der Waals surface area contributed by atoms with E-state index in [1.54, 1.807) is 13.0 Å². The van der Waals surface area contributed by atoms with E-state index in [0.717, 1.165) is 0 Å². The molecule has 4 heteroatoms. The van der Waals surface area contributed by atoms with Crippen LogP contribution in [0.3, 0.4) is 0 Å². The van der Waals surface area contributed by atoms with Gasteiger partial charge in [0.25, 0.3) is 0 Å². The molecule has 1 aromatic rings. The number of hydrogen-bond acceptors (Lipinski definition) is 4. The SMILES string of the molecule is CCOC(=O)C#Cc1cc(C#N)ccn1. The molecule has 1 aromatic heterocycles. The Bertz CT molecular complexity index is 463. The van der Waals surface area contributed by atoms with Crippen molar-refractivity contribution in [3.63, 3.8) is 0 Å². The normalized spacial score (nSPS) is 8.27. The van der Waals surface area contributed by atoms with Crippen molar-refractivity contribution in [2.75, 3.05) is 6.61 Å². The molecule has 15 heavy (non-hydrogen) atoms. The van der Waals surface area contributed by atoms with Gasteiger partial charge in [0.05, 0.1) is 18.2 Å². The number of carbonyl (C=O) groups is 1. The first kappa shape index (κ1) is 10.7. The number of nitrogens with zero attached hydrogens (tertiary/aromatic N) is 2. The topological polar surface area (TPSA) is 63.0 Å². The average molecular weight is 200 g/mol. The third-order valence-electron chi connectivity index (χ3n) is 1.46. The summed E-state index contributed by atoms with van der Waals surface area (Å²) < 4.78 is 4.61. The maximum Gasteiger partial charge on any atom is 0.384 e. The molecule has 74 valence electrons. The third kappa shape index (κ3) is 3.50. The zero-order chi connectivity index (χ0) is 11.1. The van der Waals surface area contributed by atoms with Crippen molar-refractivity contribution in [1.29, 1.82) is 5.26 Å². The molecule has 0 unspecified atom stereocenters. The van der Waals surface area contributed by atoms with Gasteiger partial charge in [-0.05, 0) is 25.0 Å². The maximum absolute atomic E-state index is 10.9. The largest absolute Gasteiger partial charge is 0.456 e. The average Bonchev–Trinajstić information content (AvgIpc) is 2.27. The number of ether oxygens (including phenoxy) is 1. The van der Waals surface area contributed by atoms with Crippen molar-refractivity contribution in [3.8, 4) is 17.9 Å². The molecule has 0 aromatic carbocycles. The predicted molar refractivity (Wildman–Crippen MR) is 52.5 cm³/mol. The minimum absolute atomic E-state index is 0.291. The number of aromatic nitrogens is 1. The molecule has 0 saturated carbocycles. The van der Waals surface area contributed by atoms with E-state index in [-0.39, 0.29) is 0 Å². The van der Waals surface area contributed by atoms with Gasteiger partial charge in [-0.1, -0.05) is 0 Å². The molecule has 0 aliphatic heterocycles. The lowest BCUT2D eigenvalue weighted by Gasteiger charge is -1.91. The first-order valence-corrected chi connectivity index (χ1v) is 4.31. The monoisotopic (exact) mass is 200 g/mol. The van der Waals surface area contributed by atoms with E-state index in [1.165, 1.54) is 12.3 Å². The first-order valence-electron chi connectivity index (χ1n) is 4.31. The van der Waals surface area contributed by atoms with Gasteiger partial charge in [0.1, 0.15) is 5.69 Å². The number of hydrogen-bond donors (Lipinski definition) is 0. The molecule has 0 aliphatic carbocycles. The van der Waals surface area contributed by atoms with Gasteiger partial charge in [-0.25, -0.2) is 9.78 Å². The number of carbonyl (C=O) groups excluding carboxylic acids is 1. The number of esters is 1. The van der Waals surface area contributed by atoms with Gasteiger partial charge in [-0.3, -0.25) is 0 Å². The van der Waals surface area contributed by atoms with Crippen LogP contribution in [0.2, 0.25) is 0 Å². The zero-order valence-electron chi connectivity index (χ0n) is 8.15. The van der Waals surface area contributed by atoms with Crippen LogP contribution in [0.25, 0.3) is 0 Å². The lowest BCUT2D eigenvalue weighted by Crippen LogP contribution is -1.99. The quantitative estimate of drug-likeness (QED) is 0.498. The fourth-order valence-electron chi connectivity index (χ4n) is 0.851. The smallest absolute Gasteiger partial charge is 0.384 e. The van der Waals surface area contributed by atoms with E-state index in [4.69, 9.17) is 5.26 Å². The Morgan fingerprint density at radius 3 is 3.13 bits per heavy atom. The van der Waals surface area contributed by atoms with Gasteiger partial charge in [-0.15, -0.1) is 0 Å². The Kier molecular flexibility index (Phi) is 3.88. The minimum atomic E-state index is -0.596. The molecule has 0 saturated heterocycles. The molecule has 0 amide bonds. The summed E-state index contributed by atoms with van der Waals surface area (Å²) in [4.78, 5) is 14.8. The van der Waals surface area contributed by atoms with Crippen molar-refractivity contribution in [2.24, 2.45) is 0 Å². The second-order valence-electron chi connectivity index (χ2n) is 2.51. The Hall–Kier alpha value is -2.33. The van der Waals surface area contributed by atoms with Crippen LogP contribution in [-0.4, -0.2) is 17.6 Å². The van der Waals surface area contributed by atoms with Crippen molar-refractivity contribution < 1.29 is 9.53 Å². The van der Waals surface area contributed by atoms with Gasteiger partial charge in [0.2, 0.25) is 0 Å². The molecule has 0 aliphatic rings. The van der Waals surface area contributed by atoms with Gasteiger partial charge in [0, 0.05) is 12.1 Å². The summed E-state index contributed by atoms with van der Waals surface area (Å²) in [5, 5.41) is 8.61. The summed E-state index contributed by atoms with van der Waals surface area (Å²) in [5.41, 5.74) is 0.834. The molecular weight excluding hydrogens is 192 g/mol. The van der Waals surface area contributed by atoms with Crippen LogP contribution in [0.15, 0.2) is 18.3 Å². The molecule has 0 atom stereocenters. The summed E-state index contributed by atoms with van der Waals surface area (Å²) in [6.45, 7) is 1.99. The molecule has 0 radical (unpaired) electrons. The molecule has 1 rings (SSSR count). The van der Waals surface area contributed by atoms with Crippen LogP contribution in [0.1, 0.15) is 18.2 Å². The number of rotatable bonds is 1. The first-order chi connectivity index (χ1) is 7.26. The Morgan fingerprint density at radius 1 is 1.67 bits per heavy atom. The third-order valence-corrected chi connectivity index (χ3v) is 1.46. The van der Waals surface area contributed by atoms with E-state index >= 15 is 0 Å². The second-order valence-corrected chi connectivity index (χ2v) is 2.51. The molecule has 0 N–H and O–H groups in total. The van der Waals surface area contributed by atoms with Crippen molar-refractivity contribution in [2.45, 2.75) is 6.92 Å². The minimum Gasteiger partial charge on any atom is -0.456 e. The van der Waals surface area contributed by atoms with E-state index in [9.17, 15) is 4.79 Å². The highest BCUT2D eigenvalue weighted by Crippen LogP contribution is 1.97. The van der Waals surface area contributed by atoms with E-state index < -0.39 is 5.97 Å². The molecule has 1 heterocycles. The summed E-state index contributed by atoms with van der Waals surface area (Å²) in [7, 11) is 0. The van der Waals surface area contributed by atoms with E-state index in [2.05, 4.69) is 21.6 Å². The fraction of sp³-hybridized carbons (Fsp3) is 0.182. The van der Waals surface area contributed by atoms with Crippen LogP contribution in [0, 0.1) is 23.2 Å².